The van der Waals surface area contributed by atoms with Gasteiger partial charge >= 0.3 is 6.03 Å². The molecule has 1 aliphatic carbocycles. The molecule has 2 aromatic carbocycles. The Morgan fingerprint density at radius 3 is 2.26 bits per heavy atom. The Hall–Kier alpha value is -2.96. The summed E-state index contributed by atoms with van der Waals surface area (Å²) in [6.07, 6.45) is 4.34. The van der Waals surface area contributed by atoms with Crippen LogP contribution in [-0.4, -0.2) is 36.5 Å². The number of halogens is 2. The van der Waals surface area contributed by atoms with Gasteiger partial charge in [-0.25, -0.2) is 13.6 Å². The maximum Gasteiger partial charge on any atom is 0.321 e. The molecule has 1 saturated heterocycles. The van der Waals surface area contributed by atoms with Gasteiger partial charge < -0.3 is 15.5 Å². The van der Waals surface area contributed by atoms with Crippen molar-refractivity contribution in [2.24, 2.45) is 5.92 Å². The predicted molar refractivity (Wildman–Crippen MR) is 115 cm³/mol. The van der Waals surface area contributed by atoms with Crippen molar-refractivity contribution in [3.63, 3.8) is 0 Å². The molecule has 0 aromatic heterocycles. The summed E-state index contributed by atoms with van der Waals surface area (Å²) in [7, 11) is 0. The van der Waals surface area contributed by atoms with Crippen molar-refractivity contribution in [2.75, 3.05) is 25.0 Å². The highest BCUT2D eigenvalue weighted by atomic mass is 19.1. The second-order valence-electron chi connectivity index (χ2n) is 8.51. The van der Waals surface area contributed by atoms with Gasteiger partial charge in [0.2, 0.25) is 5.91 Å². The molecule has 2 aromatic rings. The van der Waals surface area contributed by atoms with E-state index in [0.29, 0.717) is 25.6 Å². The van der Waals surface area contributed by atoms with E-state index in [9.17, 15) is 18.4 Å². The van der Waals surface area contributed by atoms with Crippen molar-refractivity contribution in [3.8, 4) is 0 Å². The number of likely N-dealkylation sites (tertiary alicyclic amines) is 1. The monoisotopic (exact) mass is 427 g/mol. The molecular weight excluding hydrogens is 400 g/mol. The average molecular weight is 427 g/mol. The smallest absolute Gasteiger partial charge is 0.321 e. The number of rotatable bonds is 6. The van der Waals surface area contributed by atoms with Gasteiger partial charge in [-0.2, -0.15) is 0 Å². The van der Waals surface area contributed by atoms with Gasteiger partial charge in [-0.15, -0.1) is 0 Å². The zero-order valence-corrected chi connectivity index (χ0v) is 17.4. The van der Waals surface area contributed by atoms with Crippen molar-refractivity contribution in [1.29, 1.82) is 0 Å². The van der Waals surface area contributed by atoms with Crippen molar-refractivity contribution < 1.29 is 18.4 Å². The molecule has 2 fully saturated rings. The molecule has 4 rings (SSSR count). The SMILES string of the molecule is O=C(Nc1cc(F)cc(F)c1)N1CCC(CCNC(=O)C2(c3ccccc3)CC2)CC1. The molecule has 5 nitrogen and oxygen atoms in total. The molecule has 0 unspecified atom stereocenters. The number of amides is 3. The number of anilines is 1. The number of nitrogens with zero attached hydrogens (tertiary/aromatic N) is 1. The van der Waals surface area contributed by atoms with Crippen molar-refractivity contribution in [3.05, 3.63) is 65.7 Å². The largest absolute Gasteiger partial charge is 0.355 e. The van der Waals surface area contributed by atoms with Crippen LogP contribution in [0.25, 0.3) is 0 Å². The Balaban J connectivity index is 1.19. The molecule has 2 aliphatic rings. The number of nitrogens with one attached hydrogen (secondary N) is 2. The lowest BCUT2D eigenvalue weighted by Crippen LogP contribution is -2.42. The van der Waals surface area contributed by atoms with E-state index in [4.69, 9.17) is 0 Å². The zero-order chi connectivity index (χ0) is 21.8. The Morgan fingerprint density at radius 1 is 1.00 bits per heavy atom. The molecule has 1 heterocycles. The maximum atomic E-state index is 13.3. The van der Waals surface area contributed by atoms with Gasteiger partial charge in [-0.05, 0) is 55.7 Å². The highest BCUT2D eigenvalue weighted by Crippen LogP contribution is 2.48. The van der Waals surface area contributed by atoms with Crippen LogP contribution >= 0.6 is 0 Å². The summed E-state index contributed by atoms with van der Waals surface area (Å²) in [5, 5.41) is 5.66. The standard InChI is InChI=1S/C24H27F2N3O2/c25-19-14-20(26)16-21(15-19)28-23(31)29-12-7-17(8-13-29)6-11-27-22(30)24(9-10-24)18-4-2-1-3-5-18/h1-5,14-17H,6-13H2,(H,27,30)(H,28,31). The average Bonchev–Trinajstić information content (AvgIpc) is 3.56. The van der Waals surface area contributed by atoms with Crippen LogP contribution in [0.5, 0.6) is 0 Å². The molecule has 3 amide bonds. The first-order chi connectivity index (χ1) is 15.0. The molecule has 0 atom stereocenters. The molecule has 0 spiro atoms. The second-order valence-corrected chi connectivity index (χ2v) is 8.51. The van der Waals surface area contributed by atoms with Gasteiger partial charge in [0, 0.05) is 31.4 Å². The molecule has 1 aliphatic heterocycles. The highest BCUT2D eigenvalue weighted by molar-refractivity contribution is 5.91. The van der Waals surface area contributed by atoms with E-state index < -0.39 is 11.6 Å². The third kappa shape index (κ3) is 5.03. The van der Waals surface area contributed by atoms with Crippen LogP contribution in [0, 0.1) is 17.6 Å². The summed E-state index contributed by atoms with van der Waals surface area (Å²) < 4.78 is 26.6. The molecule has 31 heavy (non-hydrogen) atoms. The number of hydrogen-bond acceptors (Lipinski definition) is 2. The Morgan fingerprint density at radius 2 is 1.65 bits per heavy atom. The van der Waals surface area contributed by atoms with Crippen LogP contribution < -0.4 is 10.6 Å². The minimum absolute atomic E-state index is 0.109. The van der Waals surface area contributed by atoms with Crippen molar-refractivity contribution in [2.45, 2.75) is 37.5 Å². The Bertz CT molecular complexity index is 919. The summed E-state index contributed by atoms with van der Waals surface area (Å²) in [5.74, 6) is -0.909. The first kappa shape index (κ1) is 21.3. The third-order valence-corrected chi connectivity index (χ3v) is 6.36. The summed E-state index contributed by atoms with van der Waals surface area (Å²) >= 11 is 0. The fourth-order valence-corrected chi connectivity index (χ4v) is 4.34. The Kier molecular flexibility index (Phi) is 6.20. The minimum Gasteiger partial charge on any atom is -0.355 e. The summed E-state index contributed by atoms with van der Waals surface area (Å²) in [5.41, 5.74) is 0.851. The van der Waals surface area contributed by atoms with E-state index >= 15 is 0 Å². The number of benzene rings is 2. The van der Waals surface area contributed by atoms with E-state index in [-0.39, 0.29) is 23.0 Å². The number of hydrogen-bond donors (Lipinski definition) is 2. The fraction of sp³-hybridized carbons (Fsp3) is 0.417. The van der Waals surface area contributed by atoms with Crippen molar-refractivity contribution >= 4 is 17.6 Å². The van der Waals surface area contributed by atoms with Crippen LogP contribution in [0.3, 0.4) is 0 Å². The highest BCUT2D eigenvalue weighted by Gasteiger charge is 2.50. The van der Waals surface area contributed by atoms with E-state index in [1.165, 1.54) is 0 Å². The molecule has 0 bridgehead atoms. The Labute approximate surface area is 180 Å². The van der Waals surface area contributed by atoms with Crippen LogP contribution in [0.15, 0.2) is 48.5 Å². The van der Waals surface area contributed by atoms with Crippen LogP contribution in [0.2, 0.25) is 0 Å². The zero-order valence-electron chi connectivity index (χ0n) is 17.4. The van der Waals surface area contributed by atoms with Gasteiger partial charge in [-0.1, -0.05) is 30.3 Å². The van der Waals surface area contributed by atoms with Crippen LogP contribution in [-0.2, 0) is 10.2 Å². The van der Waals surface area contributed by atoms with E-state index in [1.807, 2.05) is 30.3 Å². The lowest BCUT2D eigenvalue weighted by atomic mass is 9.92. The molecule has 164 valence electrons. The molecule has 1 saturated carbocycles. The number of carbonyl (C=O) groups is 2. The normalized spacial score (nSPS) is 17.8. The van der Waals surface area contributed by atoms with Crippen LogP contribution in [0.1, 0.15) is 37.7 Å². The maximum absolute atomic E-state index is 13.3. The summed E-state index contributed by atoms with van der Waals surface area (Å²) in [4.78, 5) is 26.7. The first-order valence-electron chi connectivity index (χ1n) is 10.8. The first-order valence-corrected chi connectivity index (χ1v) is 10.8. The van der Waals surface area contributed by atoms with Gasteiger partial charge in [0.05, 0.1) is 5.41 Å². The van der Waals surface area contributed by atoms with E-state index in [1.54, 1.807) is 4.90 Å². The quantitative estimate of drug-likeness (QED) is 0.716. The summed E-state index contributed by atoms with van der Waals surface area (Å²) in [6, 6.07) is 12.5. The van der Waals surface area contributed by atoms with Crippen molar-refractivity contribution in [1.82, 2.24) is 10.2 Å². The topological polar surface area (TPSA) is 61.4 Å². The van der Waals surface area contributed by atoms with E-state index in [0.717, 1.165) is 55.9 Å². The minimum atomic E-state index is -0.726. The lowest BCUT2D eigenvalue weighted by molar-refractivity contribution is -0.123. The third-order valence-electron chi connectivity index (χ3n) is 6.36. The van der Waals surface area contributed by atoms with Crippen LogP contribution in [0.4, 0.5) is 19.3 Å². The molecule has 7 heteroatoms. The van der Waals surface area contributed by atoms with Gasteiger partial charge in [0.15, 0.2) is 0 Å². The molecular formula is C24H27F2N3O2. The number of piperidine rings is 1. The summed E-state index contributed by atoms with van der Waals surface area (Å²) in [6.45, 7) is 1.79. The number of urea groups is 1. The number of carbonyl (C=O) groups excluding carboxylic acids is 2. The van der Waals surface area contributed by atoms with Gasteiger partial charge in [0.1, 0.15) is 11.6 Å². The molecule has 2 N–H and O–H groups in total. The lowest BCUT2D eigenvalue weighted by Gasteiger charge is -2.32. The fourth-order valence-electron chi connectivity index (χ4n) is 4.34. The predicted octanol–water partition coefficient (Wildman–Crippen LogP) is 4.45. The second kappa shape index (κ2) is 9.04. The molecule has 0 radical (unpaired) electrons. The van der Waals surface area contributed by atoms with E-state index in [2.05, 4.69) is 10.6 Å². The van der Waals surface area contributed by atoms with Gasteiger partial charge in [0.25, 0.3) is 0 Å². The van der Waals surface area contributed by atoms with Gasteiger partial charge in [-0.3, -0.25) is 4.79 Å².